The highest BCUT2D eigenvalue weighted by atomic mass is 28.3. The first-order valence-electron chi connectivity index (χ1n) is 8.06. The third kappa shape index (κ3) is 2.78. The average molecular weight is 287 g/mol. The van der Waals surface area contributed by atoms with Gasteiger partial charge in [0.1, 0.15) is 0 Å². The van der Waals surface area contributed by atoms with E-state index in [1.807, 2.05) is 0 Å². The minimum atomic E-state index is -1.06. The molecule has 0 spiro atoms. The highest BCUT2D eigenvalue weighted by Crippen LogP contribution is 2.45. The SMILES string of the molecule is CCc1cc2c(cc1CC)C(C)(C)C(C[Si](C)(C)C)=C2. The molecule has 0 aliphatic heterocycles. The standard InChI is InChI=1S/C19H30Si/c1-8-14-10-16-11-17(13-20(5,6)7)19(3,4)18(16)12-15(14)9-2/h10-12H,8-9,13H2,1-7H3. The Labute approximate surface area is 126 Å². The van der Waals surface area contributed by atoms with Gasteiger partial charge in [-0.3, -0.25) is 0 Å². The van der Waals surface area contributed by atoms with Gasteiger partial charge in [0, 0.05) is 13.5 Å². The molecule has 1 heteroatoms. The molecule has 0 amide bonds. The molecule has 0 bridgehead atoms. The molecule has 1 aliphatic carbocycles. The van der Waals surface area contributed by atoms with Gasteiger partial charge in [-0.15, -0.1) is 0 Å². The van der Waals surface area contributed by atoms with Gasteiger partial charge in [0.15, 0.2) is 0 Å². The Morgan fingerprint density at radius 2 is 1.50 bits per heavy atom. The molecule has 0 heterocycles. The smallest absolute Gasteiger partial charge is 0.0483 e. The van der Waals surface area contributed by atoms with Gasteiger partial charge in [-0.1, -0.05) is 71.1 Å². The third-order valence-corrected chi connectivity index (χ3v) is 6.10. The van der Waals surface area contributed by atoms with Gasteiger partial charge in [-0.05, 0) is 41.1 Å². The maximum Gasteiger partial charge on any atom is 0.0483 e. The number of hydrogen-bond acceptors (Lipinski definition) is 0. The second-order valence-corrected chi connectivity index (χ2v) is 13.4. The summed E-state index contributed by atoms with van der Waals surface area (Å²) in [6.45, 7) is 16.8. The minimum absolute atomic E-state index is 0.228. The van der Waals surface area contributed by atoms with E-state index in [2.05, 4.69) is 65.5 Å². The number of aryl methyl sites for hydroxylation is 2. The van der Waals surface area contributed by atoms with Crippen molar-refractivity contribution in [2.24, 2.45) is 0 Å². The number of hydrogen-bond donors (Lipinski definition) is 0. The van der Waals surface area contributed by atoms with Crippen molar-refractivity contribution in [2.75, 3.05) is 0 Å². The fourth-order valence-corrected chi connectivity index (χ4v) is 5.10. The van der Waals surface area contributed by atoms with Crippen molar-refractivity contribution < 1.29 is 0 Å². The van der Waals surface area contributed by atoms with Gasteiger partial charge in [0.05, 0.1) is 0 Å². The van der Waals surface area contributed by atoms with Crippen molar-refractivity contribution in [3.8, 4) is 0 Å². The zero-order valence-electron chi connectivity index (χ0n) is 14.4. The van der Waals surface area contributed by atoms with Crippen LogP contribution in [0.25, 0.3) is 6.08 Å². The Morgan fingerprint density at radius 3 is 2.00 bits per heavy atom. The van der Waals surface area contributed by atoms with E-state index in [0.717, 1.165) is 12.8 Å². The molecule has 0 atom stereocenters. The van der Waals surface area contributed by atoms with Crippen LogP contribution in [0.5, 0.6) is 0 Å². The van der Waals surface area contributed by atoms with E-state index in [4.69, 9.17) is 0 Å². The van der Waals surface area contributed by atoms with Crippen molar-refractivity contribution in [1.82, 2.24) is 0 Å². The van der Waals surface area contributed by atoms with Crippen LogP contribution in [0.15, 0.2) is 17.7 Å². The lowest BCUT2D eigenvalue weighted by Gasteiger charge is -2.29. The van der Waals surface area contributed by atoms with E-state index in [-0.39, 0.29) is 5.41 Å². The zero-order chi connectivity index (χ0) is 15.1. The summed E-state index contributed by atoms with van der Waals surface area (Å²) in [7, 11) is -1.06. The largest absolute Gasteiger partial charge is 0.0693 e. The van der Waals surface area contributed by atoms with Gasteiger partial charge in [0.25, 0.3) is 0 Å². The van der Waals surface area contributed by atoms with Crippen LogP contribution in [0, 0.1) is 0 Å². The highest BCUT2D eigenvalue weighted by Gasteiger charge is 2.35. The second kappa shape index (κ2) is 5.18. The predicted octanol–water partition coefficient (Wildman–Crippen LogP) is 5.82. The normalized spacial score (nSPS) is 17.1. The van der Waals surface area contributed by atoms with E-state index in [0.29, 0.717) is 0 Å². The monoisotopic (exact) mass is 286 g/mol. The Hall–Kier alpha value is -0.823. The van der Waals surface area contributed by atoms with E-state index >= 15 is 0 Å². The summed E-state index contributed by atoms with van der Waals surface area (Å²) in [6.07, 6.45) is 4.79. The summed E-state index contributed by atoms with van der Waals surface area (Å²) < 4.78 is 0. The zero-order valence-corrected chi connectivity index (χ0v) is 15.4. The molecule has 0 aromatic heterocycles. The second-order valence-electron chi connectivity index (χ2n) is 7.95. The molecule has 0 nitrogen and oxygen atoms in total. The molecule has 2 rings (SSSR count). The van der Waals surface area contributed by atoms with Gasteiger partial charge < -0.3 is 0 Å². The summed E-state index contributed by atoms with van der Waals surface area (Å²) in [5.41, 5.74) is 8.00. The van der Waals surface area contributed by atoms with E-state index < -0.39 is 8.07 Å². The van der Waals surface area contributed by atoms with Crippen LogP contribution in [0.2, 0.25) is 25.7 Å². The average Bonchev–Trinajstić information content (AvgIpc) is 2.57. The molecule has 0 N–H and O–H groups in total. The number of benzene rings is 1. The molecule has 0 saturated heterocycles. The van der Waals surface area contributed by atoms with Crippen molar-refractivity contribution in [3.05, 3.63) is 40.0 Å². The number of fused-ring (bicyclic) bond motifs is 1. The first-order chi connectivity index (χ1) is 9.19. The summed E-state index contributed by atoms with van der Waals surface area (Å²) in [4.78, 5) is 0. The van der Waals surface area contributed by atoms with Crippen molar-refractivity contribution in [2.45, 2.75) is 71.6 Å². The Balaban J connectivity index is 2.49. The summed E-state index contributed by atoms with van der Waals surface area (Å²) in [6, 6.07) is 6.26. The van der Waals surface area contributed by atoms with Crippen molar-refractivity contribution in [3.63, 3.8) is 0 Å². The molecule has 1 aromatic rings. The number of allylic oxidation sites excluding steroid dienone is 1. The molecule has 0 radical (unpaired) electrons. The maximum absolute atomic E-state index is 2.49. The van der Waals surface area contributed by atoms with Gasteiger partial charge in [-0.25, -0.2) is 0 Å². The van der Waals surface area contributed by atoms with Crippen LogP contribution < -0.4 is 0 Å². The van der Waals surface area contributed by atoms with Gasteiger partial charge in [0.2, 0.25) is 0 Å². The molecular formula is C19H30Si. The third-order valence-electron chi connectivity index (χ3n) is 4.66. The first-order valence-corrected chi connectivity index (χ1v) is 11.8. The van der Waals surface area contributed by atoms with Crippen LogP contribution >= 0.6 is 0 Å². The molecule has 0 fully saturated rings. The van der Waals surface area contributed by atoms with Crippen molar-refractivity contribution in [1.29, 1.82) is 0 Å². The van der Waals surface area contributed by atoms with Crippen LogP contribution in [-0.4, -0.2) is 8.07 Å². The molecule has 0 saturated carbocycles. The van der Waals surface area contributed by atoms with E-state index in [1.165, 1.54) is 17.2 Å². The molecular weight excluding hydrogens is 256 g/mol. The van der Waals surface area contributed by atoms with E-state index in [1.54, 1.807) is 16.7 Å². The van der Waals surface area contributed by atoms with Gasteiger partial charge in [-0.2, -0.15) is 0 Å². The highest BCUT2D eigenvalue weighted by molar-refractivity contribution is 6.76. The predicted molar refractivity (Wildman–Crippen MR) is 94.4 cm³/mol. The topological polar surface area (TPSA) is 0 Å². The lowest BCUT2D eigenvalue weighted by Crippen LogP contribution is -2.26. The summed E-state index contributed by atoms with van der Waals surface area (Å²) in [5.74, 6) is 0. The van der Waals surface area contributed by atoms with Gasteiger partial charge >= 0.3 is 0 Å². The molecule has 20 heavy (non-hydrogen) atoms. The molecule has 1 aliphatic rings. The lowest BCUT2D eigenvalue weighted by atomic mass is 9.80. The minimum Gasteiger partial charge on any atom is -0.0693 e. The Kier molecular flexibility index (Phi) is 4.03. The van der Waals surface area contributed by atoms with Crippen LogP contribution in [-0.2, 0) is 18.3 Å². The fourth-order valence-electron chi connectivity index (χ4n) is 3.41. The molecule has 0 unspecified atom stereocenters. The van der Waals surface area contributed by atoms with Crippen LogP contribution in [0.1, 0.15) is 49.9 Å². The Morgan fingerprint density at radius 1 is 0.950 bits per heavy atom. The maximum atomic E-state index is 2.49. The molecule has 110 valence electrons. The number of rotatable bonds is 4. The van der Waals surface area contributed by atoms with Crippen LogP contribution in [0.3, 0.4) is 0 Å². The summed E-state index contributed by atoms with van der Waals surface area (Å²) >= 11 is 0. The van der Waals surface area contributed by atoms with E-state index in [9.17, 15) is 0 Å². The van der Waals surface area contributed by atoms with Crippen LogP contribution in [0.4, 0.5) is 0 Å². The fraction of sp³-hybridized carbons (Fsp3) is 0.579. The first kappa shape index (κ1) is 15.6. The lowest BCUT2D eigenvalue weighted by molar-refractivity contribution is 0.636. The summed E-state index contributed by atoms with van der Waals surface area (Å²) in [5, 5.41) is 0. The quantitative estimate of drug-likeness (QED) is 0.611. The Bertz CT molecular complexity index is 542. The molecule has 1 aromatic carbocycles. The van der Waals surface area contributed by atoms with Crippen molar-refractivity contribution >= 4 is 14.1 Å².